The number of rotatable bonds is 8. The Hall–Kier alpha value is -0.910. The van der Waals surface area contributed by atoms with E-state index in [1.807, 2.05) is 30.3 Å². The minimum atomic E-state index is 0.102. The van der Waals surface area contributed by atoms with Crippen LogP contribution in [0.4, 0.5) is 0 Å². The van der Waals surface area contributed by atoms with Gasteiger partial charge in [-0.2, -0.15) is 11.8 Å². The largest absolute Gasteiger partial charge is 0.355 e. The summed E-state index contributed by atoms with van der Waals surface area (Å²) in [7, 11) is 0. The molecule has 1 heterocycles. The lowest BCUT2D eigenvalue weighted by molar-refractivity contribution is -0.126. The monoisotopic (exact) mass is 470 g/mol. The highest BCUT2D eigenvalue weighted by molar-refractivity contribution is 7.98. The number of nitrogens with zero attached hydrogens (tertiary/aromatic N) is 1. The predicted octanol–water partition coefficient (Wildman–Crippen LogP) is 5.91. The number of thioether (sulfide) groups is 1. The summed E-state index contributed by atoms with van der Waals surface area (Å²) in [6.45, 7) is 3.30. The summed E-state index contributed by atoms with van der Waals surface area (Å²) < 4.78 is 0. The Morgan fingerprint density at radius 3 is 2.55 bits per heavy atom. The fourth-order valence-electron chi connectivity index (χ4n) is 3.45. The first-order valence-corrected chi connectivity index (χ1v) is 12.1. The van der Waals surface area contributed by atoms with Crippen molar-refractivity contribution in [2.24, 2.45) is 5.92 Å². The van der Waals surface area contributed by atoms with Crippen LogP contribution >= 0.6 is 46.6 Å². The Morgan fingerprint density at radius 1 is 1.07 bits per heavy atom. The molecule has 1 N–H and O–H groups in total. The fourth-order valence-corrected chi connectivity index (χ4v) is 4.94. The maximum Gasteiger partial charge on any atom is 0.223 e. The lowest BCUT2D eigenvalue weighted by atomic mass is 9.95. The average molecular weight is 472 g/mol. The van der Waals surface area contributed by atoms with E-state index < -0.39 is 0 Å². The third kappa shape index (κ3) is 7.37. The van der Waals surface area contributed by atoms with Gasteiger partial charge in [0.05, 0.1) is 0 Å². The summed E-state index contributed by atoms with van der Waals surface area (Å²) in [5.74, 6) is 2.08. The Labute approximate surface area is 192 Å². The molecule has 3 rings (SSSR count). The quantitative estimate of drug-likeness (QED) is 0.486. The number of carbonyl (C=O) groups is 1. The molecule has 29 heavy (non-hydrogen) atoms. The molecule has 1 aliphatic rings. The van der Waals surface area contributed by atoms with Crippen LogP contribution in [0.25, 0.3) is 0 Å². The van der Waals surface area contributed by atoms with Crippen LogP contribution in [0, 0.1) is 5.92 Å². The zero-order chi connectivity index (χ0) is 20.6. The van der Waals surface area contributed by atoms with E-state index in [1.165, 1.54) is 5.56 Å². The Morgan fingerprint density at radius 2 is 1.83 bits per heavy atom. The number of benzene rings is 2. The first-order chi connectivity index (χ1) is 14.0. The van der Waals surface area contributed by atoms with Crippen molar-refractivity contribution in [1.29, 1.82) is 0 Å². The second kappa shape index (κ2) is 11.5. The van der Waals surface area contributed by atoms with Gasteiger partial charge in [-0.3, -0.25) is 9.69 Å². The molecule has 0 aromatic heterocycles. The van der Waals surface area contributed by atoms with Crippen LogP contribution in [0.2, 0.25) is 15.1 Å². The van der Waals surface area contributed by atoms with Gasteiger partial charge in [0.25, 0.3) is 0 Å². The topological polar surface area (TPSA) is 32.3 Å². The number of nitrogens with one attached hydrogen (secondary N) is 1. The first-order valence-electron chi connectivity index (χ1n) is 9.77. The molecule has 2 aromatic carbocycles. The lowest BCUT2D eigenvalue weighted by Gasteiger charge is -2.31. The number of likely N-dealkylation sites (tertiary alicyclic amines) is 1. The SMILES string of the molecule is O=C(NCCSCc1cccc(Cl)c1)C1CCN(Cc2ccc(Cl)cc2Cl)CC1. The molecule has 3 nitrogen and oxygen atoms in total. The van der Waals surface area contributed by atoms with Gasteiger partial charge in [-0.25, -0.2) is 0 Å². The predicted molar refractivity (Wildman–Crippen MR) is 125 cm³/mol. The maximum atomic E-state index is 12.4. The van der Waals surface area contributed by atoms with Crippen molar-refractivity contribution in [2.75, 3.05) is 25.4 Å². The number of amides is 1. The minimum absolute atomic E-state index is 0.102. The highest BCUT2D eigenvalue weighted by Gasteiger charge is 2.25. The van der Waals surface area contributed by atoms with Crippen molar-refractivity contribution in [3.63, 3.8) is 0 Å². The van der Waals surface area contributed by atoms with Gasteiger partial charge in [0.15, 0.2) is 0 Å². The van der Waals surface area contributed by atoms with Gasteiger partial charge in [0, 0.05) is 45.6 Å². The molecule has 0 spiro atoms. The van der Waals surface area contributed by atoms with Gasteiger partial charge in [-0.05, 0) is 61.3 Å². The highest BCUT2D eigenvalue weighted by atomic mass is 35.5. The summed E-state index contributed by atoms with van der Waals surface area (Å²) in [5.41, 5.74) is 2.29. The Bertz CT molecular complexity index is 825. The van der Waals surface area contributed by atoms with Crippen LogP contribution < -0.4 is 5.32 Å². The Kier molecular flexibility index (Phi) is 9.01. The first kappa shape index (κ1) is 22.8. The smallest absolute Gasteiger partial charge is 0.223 e. The van der Waals surface area contributed by atoms with Crippen molar-refractivity contribution >= 4 is 52.5 Å². The van der Waals surface area contributed by atoms with Crippen LogP contribution in [-0.4, -0.2) is 36.2 Å². The molecular weight excluding hydrogens is 447 g/mol. The van der Waals surface area contributed by atoms with Gasteiger partial charge in [0.2, 0.25) is 5.91 Å². The van der Waals surface area contributed by atoms with Crippen LogP contribution in [-0.2, 0) is 17.1 Å². The molecule has 1 aliphatic heterocycles. The third-order valence-electron chi connectivity index (χ3n) is 5.07. The Balaban J connectivity index is 1.32. The van der Waals surface area contributed by atoms with Crippen molar-refractivity contribution in [3.8, 4) is 0 Å². The van der Waals surface area contributed by atoms with E-state index in [-0.39, 0.29) is 11.8 Å². The molecule has 0 bridgehead atoms. The van der Waals surface area contributed by atoms with Crippen molar-refractivity contribution in [3.05, 3.63) is 68.7 Å². The molecular formula is C22H25Cl3N2OS. The third-order valence-corrected chi connectivity index (χ3v) is 6.92. The van der Waals surface area contributed by atoms with E-state index in [4.69, 9.17) is 34.8 Å². The molecule has 0 saturated carbocycles. The summed E-state index contributed by atoms with van der Waals surface area (Å²) >= 11 is 20.0. The van der Waals surface area contributed by atoms with Gasteiger partial charge in [-0.1, -0.05) is 53.0 Å². The van der Waals surface area contributed by atoms with E-state index in [2.05, 4.69) is 16.3 Å². The second-order valence-electron chi connectivity index (χ2n) is 7.26. The number of piperidine rings is 1. The summed E-state index contributed by atoms with van der Waals surface area (Å²) in [6.07, 6.45) is 1.76. The fraction of sp³-hybridized carbons (Fsp3) is 0.409. The molecule has 0 unspecified atom stereocenters. The van der Waals surface area contributed by atoms with Gasteiger partial charge in [-0.15, -0.1) is 0 Å². The highest BCUT2D eigenvalue weighted by Crippen LogP contribution is 2.25. The van der Waals surface area contributed by atoms with Crippen LogP contribution in [0.1, 0.15) is 24.0 Å². The van der Waals surface area contributed by atoms with Crippen LogP contribution in [0.3, 0.4) is 0 Å². The zero-order valence-electron chi connectivity index (χ0n) is 16.2. The normalized spacial score (nSPS) is 15.4. The standard InChI is InChI=1S/C22H25Cl3N2OS/c23-19-3-1-2-16(12-19)15-29-11-8-26-22(28)17-6-9-27(10-7-17)14-18-4-5-20(24)13-21(18)25/h1-5,12-13,17H,6-11,14-15H2,(H,26,28). The number of hydrogen-bond donors (Lipinski definition) is 1. The van der Waals surface area contributed by atoms with E-state index in [9.17, 15) is 4.79 Å². The number of carbonyl (C=O) groups excluding carboxylic acids is 1. The second-order valence-corrected chi connectivity index (χ2v) is 9.64. The summed E-state index contributed by atoms with van der Waals surface area (Å²) in [6, 6.07) is 13.5. The molecule has 156 valence electrons. The molecule has 0 aliphatic carbocycles. The van der Waals surface area contributed by atoms with Crippen molar-refractivity contribution in [2.45, 2.75) is 25.1 Å². The summed E-state index contributed by atoms with van der Waals surface area (Å²) in [4.78, 5) is 14.8. The molecule has 7 heteroatoms. The van der Waals surface area contributed by atoms with E-state index in [0.29, 0.717) is 16.6 Å². The van der Waals surface area contributed by atoms with Crippen LogP contribution in [0.5, 0.6) is 0 Å². The van der Waals surface area contributed by atoms with E-state index in [1.54, 1.807) is 17.8 Å². The zero-order valence-corrected chi connectivity index (χ0v) is 19.3. The van der Waals surface area contributed by atoms with E-state index in [0.717, 1.165) is 54.6 Å². The molecule has 0 radical (unpaired) electrons. The average Bonchev–Trinajstić information content (AvgIpc) is 2.70. The number of hydrogen-bond acceptors (Lipinski definition) is 3. The van der Waals surface area contributed by atoms with Gasteiger partial charge < -0.3 is 5.32 Å². The van der Waals surface area contributed by atoms with Gasteiger partial charge >= 0.3 is 0 Å². The molecule has 0 atom stereocenters. The lowest BCUT2D eigenvalue weighted by Crippen LogP contribution is -2.40. The molecule has 1 saturated heterocycles. The summed E-state index contributed by atoms with van der Waals surface area (Å²) in [5, 5.41) is 5.21. The minimum Gasteiger partial charge on any atom is -0.355 e. The maximum absolute atomic E-state index is 12.4. The van der Waals surface area contributed by atoms with E-state index >= 15 is 0 Å². The molecule has 2 aromatic rings. The van der Waals surface area contributed by atoms with Crippen molar-refractivity contribution < 1.29 is 4.79 Å². The molecule has 1 amide bonds. The van der Waals surface area contributed by atoms with Crippen LogP contribution in [0.15, 0.2) is 42.5 Å². The molecule has 1 fully saturated rings. The van der Waals surface area contributed by atoms with Crippen molar-refractivity contribution in [1.82, 2.24) is 10.2 Å². The van der Waals surface area contributed by atoms with Gasteiger partial charge in [0.1, 0.15) is 0 Å². The number of halogens is 3.